The third kappa shape index (κ3) is 4.52. The van der Waals surface area contributed by atoms with Gasteiger partial charge in [-0.1, -0.05) is 6.07 Å². The Bertz CT molecular complexity index is 891. The summed E-state index contributed by atoms with van der Waals surface area (Å²) >= 11 is 1.46. The third-order valence-electron chi connectivity index (χ3n) is 4.21. The Hall–Kier alpha value is -2.73. The lowest BCUT2D eigenvalue weighted by Gasteiger charge is -2.23. The Kier molecular flexibility index (Phi) is 5.86. The van der Waals surface area contributed by atoms with Crippen molar-refractivity contribution in [1.29, 1.82) is 0 Å². The highest BCUT2D eigenvalue weighted by molar-refractivity contribution is 7.13. The highest BCUT2D eigenvalue weighted by Crippen LogP contribution is 2.27. The van der Waals surface area contributed by atoms with Crippen LogP contribution in [0.15, 0.2) is 54.0 Å². The molecule has 0 spiro atoms. The lowest BCUT2D eigenvalue weighted by atomic mass is 10.2. The van der Waals surface area contributed by atoms with E-state index in [4.69, 9.17) is 4.74 Å². The van der Waals surface area contributed by atoms with E-state index in [1.54, 1.807) is 23.5 Å². The number of thiazole rings is 1. The van der Waals surface area contributed by atoms with Gasteiger partial charge in [0.05, 0.1) is 17.8 Å². The van der Waals surface area contributed by atoms with Gasteiger partial charge in [-0.25, -0.2) is 4.98 Å². The molecule has 0 aliphatic rings. The molecule has 0 bridgehead atoms. The van der Waals surface area contributed by atoms with Crippen LogP contribution in [0.4, 0.5) is 0 Å². The molecule has 0 saturated carbocycles. The van der Waals surface area contributed by atoms with Crippen LogP contribution in [0.2, 0.25) is 0 Å². The zero-order valence-electron chi connectivity index (χ0n) is 15.9. The van der Waals surface area contributed by atoms with E-state index >= 15 is 0 Å². The molecule has 2 aromatic heterocycles. The molecule has 0 N–H and O–H groups in total. The summed E-state index contributed by atoms with van der Waals surface area (Å²) in [5.41, 5.74) is 2.27. The van der Waals surface area contributed by atoms with Crippen LogP contribution in [0.1, 0.15) is 43.0 Å². The van der Waals surface area contributed by atoms with Crippen molar-refractivity contribution < 1.29 is 9.53 Å². The Balaban J connectivity index is 1.74. The molecule has 0 aliphatic carbocycles. The maximum absolute atomic E-state index is 12.8. The minimum Gasteiger partial charge on any atom is -0.491 e. The topological polar surface area (TPSA) is 55.3 Å². The van der Waals surface area contributed by atoms with Gasteiger partial charge < -0.3 is 9.64 Å². The van der Waals surface area contributed by atoms with Crippen LogP contribution in [0.25, 0.3) is 10.6 Å². The van der Waals surface area contributed by atoms with Crippen LogP contribution >= 0.6 is 11.3 Å². The lowest BCUT2D eigenvalue weighted by Crippen LogP contribution is -2.30. The zero-order chi connectivity index (χ0) is 19.4. The fraction of sp³-hybridized carbons (Fsp3) is 0.286. The van der Waals surface area contributed by atoms with Crippen molar-refractivity contribution >= 4 is 17.2 Å². The zero-order valence-corrected chi connectivity index (χ0v) is 16.7. The average molecular weight is 382 g/mol. The molecule has 0 aliphatic heterocycles. The van der Waals surface area contributed by atoms with Crippen molar-refractivity contribution in [2.75, 3.05) is 7.05 Å². The number of nitrogens with zero attached hydrogens (tertiary/aromatic N) is 3. The van der Waals surface area contributed by atoms with Crippen LogP contribution in [0.5, 0.6) is 5.75 Å². The van der Waals surface area contributed by atoms with Crippen molar-refractivity contribution in [1.82, 2.24) is 14.9 Å². The van der Waals surface area contributed by atoms with E-state index < -0.39 is 0 Å². The first kappa shape index (κ1) is 19.0. The molecular formula is C21H23N3O2S. The quantitative estimate of drug-likeness (QED) is 0.614. The van der Waals surface area contributed by atoms with Gasteiger partial charge in [0.2, 0.25) is 0 Å². The summed E-state index contributed by atoms with van der Waals surface area (Å²) in [5, 5.41) is 2.62. The molecule has 1 amide bonds. The van der Waals surface area contributed by atoms with Crippen molar-refractivity contribution in [3.63, 3.8) is 0 Å². The average Bonchev–Trinajstić information content (AvgIpc) is 3.17. The molecule has 140 valence electrons. The normalized spacial score (nSPS) is 12.0. The Morgan fingerprint density at radius 3 is 2.48 bits per heavy atom. The second kappa shape index (κ2) is 8.31. The predicted molar refractivity (Wildman–Crippen MR) is 108 cm³/mol. The summed E-state index contributed by atoms with van der Waals surface area (Å²) in [4.78, 5) is 23.3. The van der Waals surface area contributed by atoms with Crippen LogP contribution in [0, 0.1) is 0 Å². The van der Waals surface area contributed by atoms with E-state index in [2.05, 4.69) is 9.97 Å². The van der Waals surface area contributed by atoms with Gasteiger partial charge in [-0.15, -0.1) is 11.3 Å². The number of rotatable bonds is 6. The molecule has 0 fully saturated rings. The fourth-order valence-electron chi connectivity index (χ4n) is 2.63. The van der Waals surface area contributed by atoms with Gasteiger partial charge in [-0.2, -0.15) is 0 Å². The number of carbonyl (C=O) groups excluding carboxylic acids is 1. The summed E-state index contributed by atoms with van der Waals surface area (Å²) < 4.78 is 5.66. The van der Waals surface area contributed by atoms with Gasteiger partial charge in [0.1, 0.15) is 16.5 Å². The second-order valence-electron chi connectivity index (χ2n) is 6.58. The van der Waals surface area contributed by atoms with E-state index in [1.165, 1.54) is 11.3 Å². The van der Waals surface area contributed by atoms with Crippen LogP contribution < -0.4 is 4.74 Å². The van der Waals surface area contributed by atoms with Gasteiger partial charge in [-0.05, 0) is 57.2 Å². The van der Waals surface area contributed by atoms with Crippen LogP contribution in [0.3, 0.4) is 0 Å². The lowest BCUT2D eigenvalue weighted by molar-refractivity contribution is 0.0734. The summed E-state index contributed by atoms with van der Waals surface area (Å²) in [6.07, 6.45) is 1.87. The number of carbonyl (C=O) groups is 1. The second-order valence-corrected chi connectivity index (χ2v) is 7.43. The molecule has 1 atom stereocenters. The minimum absolute atomic E-state index is 0.115. The number of benzene rings is 1. The number of hydrogen-bond acceptors (Lipinski definition) is 5. The summed E-state index contributed by atoms with van der Waals surface area (Å²) in [5.74, 6) is 0.709. The first-order chi connectivity index (χ1) is 13.0. The van der Waals surface area contributed by atoms with Gasteiger partial charge >= 0.3 is 0 Å². The molecule has 6 heteroatoms. The number of amides is 1. The number of pyridine rings is 1. The maximum Gasteiger partial charge on any atom is 0.273 e. The highest BCUT2D eigenvalue weighted by atomic mass is 32.1. The predicted octanol–water partition coefficient (Wildman–Crippen LogP) is 4.83. The number of ether oxygens (including phenoxy) is 1. The summed E-state index contributed by atoms with van der Waals surface area (Å²) in [6.45, 7) is 5.95. The number of hydrogen-bond donors (Lipinski definition) is 0. The first-order valence-corrected chi connectivity index (χ1v) is 9.74. The molecule has 1 unspecified atom stereocenters. The molecule has 3 aromatic rings. The van der Waals surface area contributed by atoms with Gasteiger partial charge in [0, 0.05) is 24.2 Å². The maximum atomic E-state index is 12.8. The molecule has 5 nitrogen and oxygen atoms in total. The Morgan fingerprint density at radius 1 is 1.11 bits per heavy atom. The Labute approximate surface area is 163 Å². The molecule has 2 heterocycles. The highest BCUT2D eigenvalue weighted by Gasteiger charge is 2.22. The molecule has 0 saturated heterocycles. The van der Waals surface area contributed by atoms with E-state index in [9.17, 15) is 4.79 Å². The standard InChI is InChI=1S/C21H23N3O2S/c1-14(2)26-17-10-8-16(9-11-17)20-23-19(13-27-20)21(25)24(4)15(3)18-7-5-6-12-22-18/h5-15H,1-4H3. The van der Waals surface area contributed by atoms with Crippen molar-refractivity contribution in [3.05, 3.63) is 65.4 Å². The summed E-state index contributed by atoms with van der Waals surface area (Å²) in [6, 6.07) is 13.3. The molecule has 1 aromatic carbocycles. The van der Waals surface area contributed by atoms with E-state index in [1.807, 2.05) is 63.2 Å². The number of aromatic nitrogens is 2. The third-order valence-corrected chi connectivity index (χ3v) is 5.10. The smallest absolute Gasteiger partial charge is 0.273 e. The largest absolute Gasteiger partial charge is 0.491 e. The van der Waals surface area contributed by atoms with Gasteiger partial charge in [0.25, 0.3) is 5.91 Å². The molecular weight excluding hydrogens is 358 g/mol. The van der Waals surface area contributed by atoms with Gasteiger partial charge in [0.15, 0.2) is 0 Å². The van der Waals surface area contributed by atoms with Crippen molar-refractivity contribution in [2.24, 2.45) is 0 Å². The monoisotopic (exact) mass is 381 g/mol. The summed E-state index contributed by atoms with van der Waals surface area (Å²) in [7, 11) is 1.78. The van der Waals surface area contributed by atoms with Crippen LogP contribution in [-0.2, 0) is 0 Å². The Morgan fingerprint density at radius 2 is 1.85 bits per heavy atom. The first-order valence-electron chi connectivity index (χ1n) is 8.86. The minimum atomic E-state index is -0.128. The fourth-order valence-corrected chi connectivity index (χ4v) is 3.43. The van der Waals surface area contributed by atoms with E-state index in [-0.39, 0.29) is 18.1 Å². The SMILES string of the molecule is CC(C)Oc1ccc(-c2nc(C(=O)N(C)C(C)c3ccccn3)cs2)cc1. The van der Waals surface area contributed by atoms with Crippen molar-refractivity contribution in [2.45, 2.75) is 32.9 Å². The van der Waals surface area contributed by atoms with E-state index in [0.29, 0.717) is 5.69 Å². The van der Waals surface area contributed by atoms with Crippen molar-refractivity contribution in [3.8, 4) is 16.3 Å². The van der Waals surface area contributed by atoms with Gasteiger partial charge in [-0.3, -0.25) is 9.78 Å². The molecule has 0 radical (unpaired) electrons. The van der Waals surface area contributed by atoms with E-state index in [0.717, 1.165) is 22.0 Å². The molecule has 27 heavy (non-hydrogen) atoms. The van der Waals surface area contributed by atoms with Crippen LogP contribution in [-0.4, -0.2) is 33.9 Å². The molecule has 3 rings (SSSR count).